The number of para-hydroxylation sites is 1. The third-order valence-electron chi connectivity index (χ3n) is 4.33. The van der Waals surface area contributed by atoms with Gasteiger partial charge in [0.05, 0.1) is 6.10 Å². The second-order valence-electron chi connectivity index (χ2n) is 7.29. The molecule has 1 atom stereocenters. The average molecular weight is 370 g/mol. The summed E-state index contributed by atoms with van der Waals surface area (Å²) in [5.41, 5.74) is 4.97. The van der Waals surface area contributed by atoms with Crippen molar-refractivity contribution in [3.8, 4) is 0 Å². The van der Waals surface area contributed by atoms with Gasteiger partial charge in [0, 0.05) is 25.8 Å². The minimum Gasteiger partial charge on any atom is -0.392 e. The van der Waals surface area contributed by atoms with Crippen LogP contribution < -0.4 is 10.3 Å². The molecule has 0 aliphatic rings. The highest BCUT2D eigenvalue weighted by Crippen LogP contribution is 2.12. The van der Waals surface area contributed by atoms with E-state index in [1.807, 2.05) is 53.5 Å². The predicted octanol–water partition coefficient (Wildman–Crippen LogP) is 3.70. The number of hydrogen-bond acceptors (Lipinski definition) is 3. The first kappa shape index (κ1) is 20.9. The van der Waals surface area contributed by atoms with Crippen LogP contribution in [0.25, 0.3) is 0 Å². The van der Waals surface area contributed by atoms with Crippen molar-refractivity contribution in [2.45, 2.75) is 32.8 Å². The van der Waals surface area contributed by atoms with E-state index in [0.29, 0.717) is 25.4 Å². The summed E-state index contributed by atoms with van der Waals surface area (Å²) in [7, 11) is 1.74. The maximum absolute atomic E-state index is 12.6. The molecule has 0 aliphatic carbocycles. The van der Waals surface area contributed by atoms with Crippen molar-refractivity contribution in [2.75, 3.05) is 25.0 Å². The van der Waals surface area contributed by atoms with E-state index in [9.17, 15) is 9.90 Å². The monoisotopic (exact) mass is 369 g/mol. The lowest BCUT2D eigenvalue weighted by Gasteiger charge is -2.29. The summed E-state index contributed by atoms with van der Waals surface area (Å²) in [6.45, 7) is 5.27. The lowest BCUT2D eigenvalue weighted by Crippen LogP contribution is -2.51. The molecule has 0 bridgehead atoms. The fourth-order valence-corrected chi connectivity index (χ4v) is 2.91. The maximum Gasteiger partial charge on any atom is 0.336 e. The first-order valence-corrected chi connectivity index (χ1v) is 9.52. The van der Waals surface area contributed by atoms with Gasteiger partial charge in [0.25, 0.3) is 0 Å². The Bertz CT molecular complexity index is 676. The summed E-state index contributed by atoms with van der Waals surface area (Å²) in [6.07, 6.45) is 0.963. The molecule has 5 nitrogen and oxygen atoms in total. The average Bonchev–Trinajstić information content (AvgIpc) is 2.66. The summed E-state index contributed by atoms with van der Waals surface area (Å²) < 4.78 is 0. The molecule has 0 aromatic heterocycles. The van der Waals surface area contributed by atoms with Crippen molar-refractivity contribution in [2.24, 2.45) is 5.92 Å². The van der Waals surface area contributed by atoms with Crippen molar-refractivity contribution < 1.29 is 9.90 Å². The molecule has 0 radical (unpaired) electrons. The Morgan fingerprint density at radius 2 is 1.59 bits per heavy atom. The molecule has 0 unspecified atom stereocenters. The highest BCUT2D eigenvalue weighted by atomic mass is 16.3. The Morgan fingerprint density at radius 3 is 2.19 bits per heavy atom. The van der Waals surface area contributed by atoms with Gasteiger partial charge < -0.3 is 5.11 Å². The first-order chi connectivity index (χ1) is 13.0. The standard InChI is InChI=1S/C22H31N3O2/c1-18(2)16-25(17-21(26)15-14-19-10-6-4-7-11-19)23-22(27)24(3)20-12-8-5-9-13-20/h4-13,18,21,26H,14-17H2,1-3H3,(H,23,27)/t21-/m1/s1. The molecule has 146 valence electrons. The van der Waals surface area contributed by atoms with Gasteiger partial charge in [-0.25, -0.2) is 9.80 Å². The van der Waals surface area contributed by atoms with Crippen LogP contribution in [0, 0.1) is 5.92 Å². The molecule has 2 rings (SSSR count). The molecule has 2 N–H and O–H groups in total. The molecule has 0 aliphatic heterocycles. The predicted molar refractivity (Wildman–Crippen MR) is 111 cm³/mol. The number of carbonyl (C=O) groups is 1. The number of aryl methyl sites for hydroxylation is 1. The van der Waals surface area contributed by atoms with Crippen LogP contribution in [0.1, 0.15) is 25.8 Å². The third-order valence-corrected chi connectivity index (χ3v) is 4.33. The number of aliphatic hydroxyl groups is 1. The second kappa shape index (κ2) is 10.7. The van der Waals surface area contributed by atoms with Crippen LogP contribution in [-0.4, -0.2) is 42.4 Å². The van der Waals surface area contributed by atoms with E-state index in [-0.39, 0.29) is 6.03 Å². The number of nitrogens with zero attached hydrogens (tertiary/aromatic N) is 2. The van der Waals surface area contributed by atoms with Gasteiger partial charge in [-0.2, -0.15) is 0 Å². The Labute approximate surface area is 162 Å². The Morgan fingerprint density at radius 1 is 1.00 bits per heavy atom. The van der Waals surface area contributed by atoms with Crippen LogP contribution in [0.15, 0.2) is 60.7 Å². The lowest BCUT2D eigenvalue weighted by atomic mass is 10.1. The number of urea groups is 1. The summed E-state index contributed by atoms with van der Waals surface area (Å²) in [6, 6.07) is 19.4. The van der Waals surface area contributed by atoms with Gasteiger partial charge in [0.1, 0.15) is 0 Å². The van der Waals surface area contributed by atoms with Crippen LogP contribution in [-0.2, 0) is 6.42 Å². The smallest absolute Gasteiger partial charge is 0.336 e. The van der Waals surface area contributed by atoms with Crippen LogP contribution in [0.2, 0.25) is 0 Å². The van der Waals surface area contributed by atoms with Gasteiger partial charge in [0.15, 0.2) is 0 Å². The topological polar surface area (TPSA) is 55.8 Å². The fourth-order valence-electron chi connectivity index (χ4n) is 2.91. The molecule has 0 saturated carbocycles. The number of benzene rings is 2. The number of amides is 2. The summed E-state index contributed by atoms with van der Waals surface area (Å²) >= 11 is 0. The van der Waals surface area contributed by atoms with E-state index >= 15 is 0 Å². The molecule has 0 fully saturated rings. The minimum atomic E-state index is -0.508. The highest BCUT2D eigenvalue weighted by Gasteiger charge is 2.18. The number of nitrogens with one attached hydrogen (secondary N) is 1. The van der Waals surface area contributed by atoms with Crippen LogP contribution in [0.4, 0.5) is 10.5 Å². The van der Waals surface area contributed by atoms with Gasteiger partial charge in [-0.1, -0.05) is 62.4 Å². The summed E-state index contributed by atoms with van der Waals surface area (Å²) in [5.74, 6) is 0.369. The van der Waals surface area contributed by atoms with Crippen molar-refractivity contribution in [1.29, 1.82) is 0 Å². The van der Waals surface area contributed by atoms with Crippen LogP contribution in [0.3, 0.4) is 0 Å². The summed E-state index contributed by atoms with van der Waals surface area (Å²) in [5, 5.41) is 12.3. The Kier molecular flexibility index (Phi) is 8.30. The van der Waals surface area contributed by atoms with Crippen LogP contribution in [0.5, 0.6) is 0 Å². The SMILES string of the molecule is CC(C)CN(C[C@H](O)CCc1ccccc1)NC(=O)N(C)c1ccccc1. The molecule has 2 aromatic rings. The van der Waals surface area contributed by atoms with E-state index in [1.54, 1.807) is 11.9 Å². The minimum absolute atomic E-state index is 0.211. The molecular formula is C22H31N3O2. The molecule has 0 heterocycles. The largest absolute Gasteiger partial charge is 0.392 e. The van der Waals surface area contributed by atoms with Gasteiger partial charge >= 0.3 is 6.03 Å². The number of hydrazine groups is 1. The Hall–Kier alpha value is -2.37. The quantitative estimate of drug-likeness (QED) is 0.663. The molecule has 2 aromatic carbocycles. The molecule has 27 heavy (non-hydrogen) atoms. The zero-order chi connectivity index (χ0) is 19.6. The molecule has 0 spiro atoms. The lowest BCUT2D eigenvalue weighted by molar-refractivity contribution is 0.0771. The number of anilines is 1. The number of aliphatic hydroxyl groups excluding tert-OH is 1. The van der Waals surface area contributed by atoms with E-state index < -0.39 is 6.10 Å². The highest BCUT2D eigenvalue weighted by molar-refractivity contribution is 5.90. The maximum atomic E-state index is 12.6. The Balaban J connectivity index is 1.90. The van der Waals surface area contributed by atoms with Crippen molar-refractivity contribution >= 4 is 11.7 Å². The second-order valence-corrected chi connectivity index (χ2v) is 7.29. The number of rotatable bonds is 9. The van der Waals surface area contributed by atoms with Crippen LogP contribution >= 0.6 is 0 Å². The van der Waals surface area contributed by atoms with Crippen molar-refractivity contribution in [3.05, 3.63) is 66.2 Å². The molecular weight excluding hydrogens is 338 g/mol. The van der Waals surface area contributed by atoms with Gasteiger partial charge in [-0.3, -0.25) is 10.3 Å². The zero-order valence-electron chi connectivity index (χ0n) is 16.5. The normalized spacial score (nSPS) is 12.2. The number of hydrogen-bond donors (Lipinski definition) is 2. The van der Waals surface area contributed by atoms with Gasteiger partial charge in [-0.15, -0.1) is 0 Å². The van der Waals surface area contributed by atoms with E-state index in [1.165, 1.54) is 5.56 Å². The van der Waals surface area contributed by atoms with E-state index in [2.05, 4.69) is 31.4 Å². The fraction of sp³-hybridized carbons (Fsp3) is 0.409. The van der Waals surface area contributed by atoms with Crippen molar-refractivity contribution in [3.63, 3.8) is 0 Å². The third kappa shape index (κ3) is 7.41. The number of carbonyl (C=O) groups excluding carboxylic acids is 1. The van der Waals surface area contributed by atoms with Gasteiger partial charge in [-0.05, 0) is 36.5 Å². The van der Waals surface area contributed by atoms with E-state index in [4.69, 9.17) is 0 Å². The van der Waals surface area contributed by atoms with Crippen molar-refractivity contribution in [1.82, 2.24) is 10.4 Å². The zero-order valence-corrected chi connectivity index (χ0v) is 16.5. The molecule has 2 amide bonds. The first-order valence-electron chi connectivity index (χ1n) is 9.52. The molecule has 0 saturated heterocycles. The van der Waals surface area contributed by atoms with E-state index in [0.717, 1.165) is 12.1 Å². The molecule has 5 heteroatoms. The summed E-state index contributed by atoms with van der Waals surface area (Å²) in [4.78, 5) is 14.2. The van der Waals surface area contributed by atoms with Gasteiger partial charge in [0.2, 0.25) is 0 Å².